The van der Waals surface area contributed by atoms with Crippen LogP contribution in [0.5, 0.6) is 11.5 Å². The molecule has 2 atom stereocenters. The van der Waals surface area contributed by atoms with Gasteiger partial charge in [-0.2, -0.15) is 0 Å². The summed E-state index contributed by atoms with van der Waals surface area (Å²) in [5, 5.41) is 9.41. The van der Waals surface area contributed by atoms with Crippen LogP contribution in [0.15, 0.2) is 18.2 Å². The van der Waals surface area contributed by atoms with Crippen molar-refractivity contribution in [3.63, 3.8) is 0 Å². The molecule has 0 radical (unpaired) electrons. The number of aryl methyl sites for hydroxylation is 1. The molecule has 6 heteroatoms. The first kappa shape index (κ1) is 17.6. The quantitative estimate of drug-likeness (QED) is 0.818. The highest BCUT2D eigenvalue weighted by molar-refractivity contribution is 5.79. The first-order valence-corrected chi connectivity index (χ1v) is 8.75. The van der Waals surface area contributed by atoms with Gasteiger partial charge in [-0.15, -0.1) is 0 Å². The Hall–Kier alpha value is -2.24. The van der Waals surface area contributed by atoms with Crippen molar-refractivity contribution < 1.29 is 24.2 Å². The minimum atomic E-state index is -0.771. The van der Waals surface area contributed by atoms with E-state index in [9.17, 15) is 14.7 Å². The highest BCUT2D eigenvalue weighted by Crippen LogP contribution is 2.44. The predicted octanol–water partition coefficient (Wildman–Crippen LogP) is 2.21. The number of aliphatic carboxylic acids is 1. The van der Waals surface area contributed by atoms with Gasteiger partial charge in [-0.25, -0.2) is 0 Å². The molecule has 0 bridgehead atoms. The van der Waals surface area contributed by atoms with Crippen molar-refractivity contribution in [1.82, 2.24) is 4.90 Å². The van der Waals surface area contributed by atoms with Crippen molar-refractivity contribution in [2.45, 2.75) is 25.7 Å². The van der Waals surface area contributed by atoms with E-state index in [1.807, 2.05) is 18.2 Å². The van der Waals surface area contributed by atoms with E-state index in [0.717, 1.165) is 18.4 Å². The molecular formula is C19H25NO5. The summed E-state index contributed by atoms with van der Waals surface area (Å²) in [7, 11) is 3.17. The van der Waals surface area contributed by atoms with Crippen molar-refractivity contribution in [3.8, 4) is 11.5 Å². The standard InChI is InChI=1S/C19H25NO5/c1-24-16-7-3-12(9-17(16)25-2)4-8-18(21)20-10-14(13-5-6-13)15(11-20)19(22)23/h3,7,9,13-15H,4-6,8,10-11H2,1-2H3,(H,22,23)/t14-,15+/m1/s1. The number of amides is 1. The number of hydrogen-bond acceptors (Lipinski definition) is 4. The summed E-state index contributed by atoms with van der Waals surface area (Å²) in [5.41, 5.74) is 0.999. The number of nitrogens with zero attached hydrogens (tertiary/aromatic N) is 1. The van der Waals surface area contributed by atoms with Crippen LogP contribution in [0.4, 0.5) is 0 Å². The zero-order valence-corrected chi connectivity index (χ0v) is 14.7. The summed E-state index contributed by atoms with van der Waals surface area (Å²) in [6, 6.07) is 5.63. The molecule has 2 aliphatic rings. The Labute approximate surface area is 147 Å². The second kappa shape index (κ2) is 7.33. The Morgan fingerprint density at radius 1 is 1.16 bits per heavy atom. The molecule has 1 saturated heterocycles. The first-order chi connectivity index (χ1) is 12.0. The predicted molar refractivity (Wildman–Crippen MR) is 91.8 cm³/mol. The Bertz CT molecular complexity index is 655. The zero-order chi connectivity index (χ0) is 18.0. The summed E-state index contributed by atoms with van der Waals surface area (Å²) in [6.45, 7) is 0.938. The fourth-order valence-electron chi connectivity index (χ4n) is 3.74. The molecule has 1 heterocycles. The summed E-state index contributed by atoms with van der Waals surface area (Å²) in [6.07, 6.45) is 3.17. The monoisotopic (exact) mass is 347 g/mol. The third-order valence-corrected chi connectivity index (χ3v) is 5.34. The van der Waals surface area contributed by atoms with Crippen LogP contribution in [0.2, 0.25) is 0 Å². The van der Waals surface area contributed by atoms with E-state index in [0.29, 0.717) is 43.3 Å². The van der Waals surface area contributed by atoms with E-state index < -0.39 is 11.9 Å². The van der Waals surface area contributed by atoms with Gasteiger partial charge in [0.05, 0.1) is 20.1 Å². The average molecular weight is 347 g/mol. The fraction of sp³-hybridized carbons (Fsp3) is 0.579. The van der Waals surface area contributed by atoms with E-state index in [4.69, 9.17) is 9.47 Å². The van der Waals surface area contributed by atoms with E-state index in [1.54, 1.807) is 19.1 Å². The topological polar surface area (TPSA) is 76.1 Å². The molecule has 1 aliphatic carbocycles. The van der Waals surface area contributed by atoms with Crippen LogP contribution in [0.3, 0.4) is 0 Å². The van der Waals surface area contributed by atoms with Crippen LogP contribution >= 0.6 is 0 Å². The van der Waals surface area contributed by atoms with Gasteiger partial charge in [0, 0.05) is 19.5 Å². The van der Waals surface area contributed by atoms with Gasteiger partial charge < -0.3 is 19.5 Å². The summed E-state index contributed by atoms with van der Waals surface area (Å²) in [4.78, 5) is 25.7. The highest BCUT2D eigenvalue weighted by Gasteiger charge is 2.46. The Balaban J connectivity index is 1.58. The third-order valence-electron chi connectivity index (χ3n) is 5.34. The number of carboxylic acids is 1. The molecule has 136 valence electrons. The number of carbonyl (C=O) groups excluding carboxylic acids is 1. The molecular weight excluding hydrogens is 322 g/mol. The molecule has 2 fully saturated rings. The molecule has 1 saturated carbocycles. The number of methoxy groups -OCH3 is 2. The molecule has 0 aromatic heterocycles. The molecule has 1 amide bonds. The normalized spacial score (nSPS) is 22.7. The maximum Gasteiger partial charge on any atom is 0.308 e. The Morgan fingerprint density at radius 2 is 1.88 bits per heavy atom. The minimum Gasteiger partial charge on any atom is -0.493 e. The first-order valence-electron chi connectivity index (χ1n) is 8.75. The fourth-order valence-corrected chi connectivity index (χ4v) is 3.74. The molecule has 0 unspecified atom stereocenters. The molecule has 1 aromatic carbocycles. The van der Waals surface area contributed by atoms with Crippen LogP contribution < -0.4 is 9.47 Å². The zero-order valence-electron chi connectivity index (χ0n) is 14.7. The third kappa shape index (κ3) is 3.89. The van der Waals surface area contributed by atoms with E-state index in [1.165, 1.54) is 0 Å². The van der Waals surface area contributed by atoms with Gasteiger partial charge >= 0.3 is 5.97 Å². The van der Waals surface area contributed by atoms with Gasteiger partial charge in [0.25, 0.3) is 0 Å². The Kier molecular flexibility index (Phi) is 5.16. The molecule has 1 aromatic rings. The van der Waals surface area contributed by atoms with Crippen LogP contribution in [0, 0.1) is 17.8 Å². The van der Waals surface area contributed by atoms with Gasteiger partial charge in [0.15, 0.2) is 11.5 Å². The number of likely N-dealkylation sites (tertiary alicyclic amines) is 1. The Morgan fingerprint density at radius 3 is 2.48 bits per heavy atom. The lowest BCUT2D eigenvalue weighted by Gasteiger charge is -2.16. The van der Waals surface area contributed by atoms with Crippen LogP contribution in [-0.4, -0.2) is 49.2 Å². The second-order valence-electron chi connectivity index (χ2n) is 6.93. The van der Waals surface area contributed by atoms with Crippen molar-refractivity contribution in [2.24, 2.45) is 17.8 Å². The van der Waals surface area contributed by atoms with E-state index in [-0.39, 0.29) is 11.8 Å². The summed E-state index contributed by atoms with van der Waals surface area (Å²) in [5.74, 6) is 0.781. The minimum absolute atomic E-state index is 0.0317. The maximum absolute atomic E-state index is 12.5. The highest BCUT2D eigenvalue weighted by atomic mass is 16.5. The lowest BCUT2D eigenvalue weighted by molar-refractivity contribution is -0.142. The second-order valence-corrected chi connectivity index (χ2v) is 6.93. The summed E-state index contributed by atoms with van der Waals surface area (Å²) >= 11 is 0. The van der Waals surface area contributed by atoms with Crippen LogP contribution in [0.1, 0.15) is 24.8 Å². The smallest absolute Gasteiger partial charge is 0.308 e. The number of rotatable bonds is 7. The molecule has 1 aliphatic heterocycles. The average Bonchev–Trinajstić information content (AvgIpc) is 3.37. The largest absolute Gasteiger partial charge is 0.493 e. The van der Waals surface area contributed by atoms with Crippen molar-refractivity contribution >= 4 is 11.9 Å². The van der Waals surface area contributed by atoms with Gasteiger partial charge in [-0.1, -0.05) is 6.07 Å². The van der Waals surface area contributed by atoms with Crippen LogP contribution in [0.25, 0.3) is 0 Å². The summed E-state index contributed by atoms with van der Waals surface area (Å²) < 4.78 is 10.5. The molecule has 3 rings (SSSR count). The number of carbonyl (C=O) groups is 2. The van der Waals surface area contributed by atoms with E-state index in [2.05, 4.69) is 0 Å². The molecule has 25 heavy (non-hydrogen) atoms. The molecule has 1 N–H and O–H groups in total. The number of carboxylic acid groups (broad SMARTS) is 1. The molecule has 6 nitrogen and oxygen atoms in total. The lowest BCUT2D eigenvalue weighted by atomic mass is 9.92. The number of benzene rings is 1. The molecule has 0 spiro atoms. The van der Waals surface area contributed by atoms with Crippen LogP contribution in [-0.2, 0) is 16.0 Å². The van der Waals surface area contributed by atoms with Gasteiger partial charge in [-0.05, 0) is 48.8 Å². The van der Waals surface area contributed by atoms with Crippen molar-refractivity contribution in [2.75, 3.05) is 27.3 Å². The van der Waals surface area contributed by atoms with Crippen molar-refractivity contribution in [3.05, 3.63) is 23.8 Å². The SMILES string of the molecule is COc1ccc(CCC(=O)N2C[C@H](C(=O)O)[C@@H](C3CC3)C2)cc1OC. The number of ether oxygens (including phenoxy) is 2. The van der Waals surface area contributed by atoms with Crippen molar-refractivity contribution in [1.29, 1.82) is 0 Å². The van der Waals surface area contributed by atoms with Gasteiger partial charge in [-0.3, -0.25) is 9.59 Å². The van der Waals surface area contributed by atoms with E-state index >= 15 is 0 Å². The van der Waals surface area contributed by atoms with Gasteiger partial charge in [0.2, 0.25) is 5.91 Å². The maximum atomic E-state index is 12.5. The van der Waals surface area contributed by atoms with Gasteiger partial charge in [0.1, 0.15) is 0 Å². The number of hydrogen-bond donors (Lipinski definition) is 1. The lowest BCUT2D eigenvalue weighted by Crippen LogP contribution is -2.30.